The summed E-state index contributed by atoms with van der Waals surface area (Å²) in [4.78, 5) is 31.2. The molecule has 270 valence electrons. The van der Waals surface area contributed by atoms with Crippen LogP contribution in [-0.4, -0.2) is 91.0 Å². The number of nitrogens with zero attached hydrogens (tertiary/aromatic N) is 3. The van der Waals surface area contributed by atoms with Gasteiger partial charge in [0.2, 0.25) is 0 Å². The summed E-state index contributed by atoms with van der Waals surface area (Å²) in [5.74, 6) is -0.666. The van der Waals surface area contributed by atoms with Crippen LogP contribution in [0, 0.1) is 0 Å². The molecule has 1 heterocycles. The van der Waals surface area contributed by atoms with Crippen molar-refractivity contribution < 1.29 is 106 Å². The summed E-state index contributed by atoms with van der Waals surface area (Å²) in [6, 6.07) is 1.15. The van der Waals surface area contributed by atoms with Crippen LogP contribution in [0.25, 0.3) is 4.65 Å². The molecule has 0 aliphatic carbocycles. The number of ether oxygens (including phenoxy) is 2. The van der Waals surface area contributed by atoms with Crippen LogP contribution in [0.2, 0.25) is 39.3 Å². The van der Waals surface area contributed by atoms with Crippen molar-refractivity contribution in [3.63, 3.8) is 0 Å². The summed E-state index contributed by atoms with van der Waals surface area (Å²) >= 11 is 1.98. The van der Waals surface area contributed by atoms with Crippen LogP contribution in [0.3, 0.4) is 0 Å². The molecule has 1 aromatic rings. The van der Waals surface area contributed by atoms with Gasteiger partial charge in [0.25, 0.3) is 11.8 Å². The van der Waals surface area contributed by atoms with Crippen molar-refractivity contribution in [2.75, 3.05) is 52.6 Å². The molecule has 1 saturated heterocycles. The Labute approximate surface area is 333 Å². The summed E-state index contributed by atoms with van der Waals surface area (Å²) in [7, 11) is 3.33. The van der Waals surface area contributed by atoms with Crippen LogP contribution in [0.4, 0.5) is 26.3 Å². The third-order valence-corrected chi connectivity index (χ3v) is 11.4. The molecule has 1 aromatic carbocycles. The molecule has 0 spiro atoms. The molecule has 47 heavy (non-hydrogen) atoms. The topological polar surface area (TPSA) is 91.6 Å². The number of hydrogen-bond acceptors (Lipinski definition) is 6. The summed E-state index contributed by atoms with van der Waals surface area (Å²) in [6.45, 7) is 16.5. The maximum atomic E-state index is 12.8. The first-order valence-corrected chi connectivity index (χ1v) is 22.6. The molecule has 1 aliphatic rings. The zero-order valence-corrected chi connectivity index (χ0v) is 36.8. The molecule has 1 aliphatic heterocycles. The Bertz CT molecular complexity index is 992. The monoisotopic (exact) mass is 859 g/mol. The van der Waals surface area contributed by atoms with Crippen LogP contribution in [0.5, 0.6) is 0 Å². The fourth-order valence-corrected chi connectivity index (χ4v) is 11.9. The summed E-state index contributed by atoms with van der Waals surface area (Å²) in [5.41, 5.74) is -3.23. The second-order valence-corrected chi connectivity index (χ2v) is 22.2. The van der Waals surface area contributed by atoms with Crippen molar-refractivity contribution in [2.24, 2.45) is 0 Å². The molecule has 9 nitrogen and oxygen atoms in total. The average Bonchev–Trinajstić information content (AvgIpc) is 3.52. The fourth-order valence-electron chi connectivity index (χ4n) is 3.40. The Morgan fingerprint density at radius 2 is 1.23 bits per heavy atom. The molecule has 2 rings (SSSR count). The van der Waals surface area contributed by atoms with Gasteiger partial charge in [-0.15, -0.1) is 0 Å². The number of alkyl halides is 7. The molecule has 0 bridgehead atoms. The van der Waals surface area contributed by atoms with Gasteiger partial charge >= 0.3 is 63.7 Å². The van der Waals surface area contributed by atoms with Gasteiger partial charge in [-0.1, -0.05) is 78.3 Å². The molecule has 1 fully saturated rings. The molecule has 0 N–H and O–H groups in total. The van der Waals surface area contributed by atoms with Crippen molar-refractivity contribution >= 4 is 50.9 Å². The second kappa shape index (κ2) is 24.5. The van der Waals surface area contributed by atoms with Gasteiger partial charge in [0.05, 0.1) is 35.9 Å². The van der Waals surface area contributed by atoms with Crippen LogP contribution >= 0.6 is 22.6 Å². The van der Waals surface area contributed by atoms with E-state index in [9.17, 15) is 35.9 Å². The van der Waals surface area contributed by atoms with Crippen LogP contribution < -0.4 is 51.4 Å². The normalized spacial score (nSPS) is 13.7. The SMILES string of the molecule is C1CCOC1.CON(C)C(=O)CI.CON(C)C(=O)COC(C)c1cc(C(F)(F)F)cc(C(F)(F)F)c1.C[Si](C)(C)[N-][Si](C)(C)C.[K+]. The van der Waals surface area contributed by atoms with Gasteiger partial charge in [0.1, 0.15) is 6.61 Å². The Morgan fingerprint density at radius 3 is 1.47 bits per heavy atom. The summed E-state index contributed by atoms with van der Waals surface area (Å²) < 4.78 is 91.9. The van der Waals surface area contributed by atoms with Gasteiger partial charge in [0, 0.05) is 27.3 Å². The minimum Gasteiger partial charge on any atom is -0.668 e. The third-order valence-electron chi connectivity index (χ3n) is 5.40. The maximum absolute atomic E-state index is 12.8. The zero-order chi connectivity index (χ0) is 36.5. The number of halogens is 7. The Hall–Kier alpha value is 0.340. The Kier molecular flexibility index (Phi) is 27.0. The minimum atomic E-state index is -4.94. The number of hydrogen-bond donors (Lipinski definition) is 0. The van der Waals surface area contributed by atoms with E-state index in [1.165, 1.54) is 46.1 Å². The van der Waals surface area contributed by atoms with E-state index in [0.29, 0.717) is 16.6 Å². The third kappa shape index (κ3) is 26.8. The number of benzene rings is 1. The summed E-state index contributed by atoms with van der Waals surface area (Å²) in [5, 5.41) is 2.02. The van der Waals surface area contributed by atoms with Crippen molar-refractivity contribution in [3.05, 3.63) is 39.5 Å². The number of likely N-dealkylation sites (N-methyl/N-ethyl adjacent to an activating group) is 1. The molecular weight excluding hydrogens is 810 g/mol. The number of rotatable bonds is 9. The van der Waals surface area contributed by atoms with E-state index in [0.717, 1.165) is 18.3 Å². The fraction of sp³-hybridized carbons (Fsp3) is 0.714. The Morgan fingerprint density at radius 1 is 0.851 bits per heavy atom. The molecule has 2 amide bonds. The average molecular weight is 860 g/mol. The van der Waals surface area contributed by atoms with E-state index >= 15 is 0 Å². The number of carbonyl (C=O) groups is 2. The molecule has 0 saturated carbocycles. The van der Waals surface area contributed by atoms with E-state index in [1.807, 2.05) is 22.6 Å². The van der Waals surface area contributed by atoms with Gasteiger partial charge in [-0.3, -0.25) is 19.3 Å². The van der Waals surface area contributed by atoms with Crippen LogP contribution in [0.15, 0.2) is 18.2 Å². The first-order valence-electron chi connectivity index (χ1n) is 14.2. The number of carbonyl (C=O) groups excluding carboxylic acids is 2. The second-order valence-electron chi connectivity index (χ2n) is 11.8. The standard InChI is InChI=1S/C14H15F6NO3.C6H18NSi2.C4H8INO2.C4H8O.K/c1-8(24-7-12(22)21(2)23-3)9-4-10(13(15,16)17)6-11(5-9)14(18,19)20;1-8(2,3)7-9(4,5)6;1-6(8-2)4(7)3-5;1-2-4-5-3-1;/h4-6,8H,7H2,1-3H3;1-6H3;3H2,1-2H3;1-4H2;/q;-1;;;+1. The van der Waals surface area contributed by atoms with Gasteiger partial charge in [0.15, 0.2) is 0 Å². The van der Waals surface area contributed by atoms with Gasteiger partial charge in [-0.2, -0.15) is 26.3 Å². The summed E-state index contributed by atoms with van der Waals surface area (Å²) in [6.07, 6.45) is -8.49. The van der Waals surface area contributed by atoms with E-state index < -0.39 is 58.6 Å². The molecule has 1 unspecified atom stereocenters. The first kappa shape index (κ1) is 51.7. The van der Waals surface area contributed by atoms with Crippen molar-refractivity contribution in [2.45, 2.75) is 77.5 Å². The first-order chi connectivity index (χ1) is 20.8. The van der Waals surface area contributed by atoms with Crippen LogP contribution in [0.1, 0.15) is 42.6 Å². The van der Waals surface area contributed by atoms with E-state index in [1.54, 1.807) is 7.05 Å². The van der Waals surface area contributed by atoms with Crippen molar-refractivity contribution in [3.8, 4) is 0 Å². The maximum Gasteiger partial charge on any atom is 1.00 e. The number of hydroxylamine groups is 4. The molecular formula is C28H49F6IKN3O6Si2. The molecule has 19 heteroatoms. The largest absolute Gasteiger partial charge is 1.00 e. The van der Waals surface area contributed by atoms with Crippen LogP contribution in [-0.2, 0) is 41.1 Å². The molecule has 1 atom stereocenters. The number of amides is 2. The van der Waals surface area contributed by atoms with Gasteiger partial charge in [-0.25, -0.2) is 10.1 Å². The zero-order valence-electron chi connectivity index (χ0n) is 29.5. The van der Waals surface area contributed by atoms with Gasteiger partial charge < -0.3 is 14.1 Å². The van der Waals surface area contributed by atoms with Crippen molar-refractivity contribution in [1.29, 1.82) is 0 Å². The van der Waals surface area contributed by atoms with E-state index in [-0.39, 0.29) is 68.9 Å². The minimum absolute atomic E-state index is 0. The smallest absolute Gasteiger partial charge is 0.668 e. The molecule has 0 aromatic heterocycles. The van der Waals surface area contributed by atoms with Gasteiger partial charge in [-0.05, 0) is 43.5 Å². The predicted octanol–water partition coefficient (Wildman–Crippen LogP) is 5.09. The quantitative estimate of drug-likeness (QED) is 0.113. The van der Waals surface area contributed by atoms with Crippen molar-refractivity contribution in [1.82, 2.24) is 10.1 Å². The predicted molar refractivity (Wildman–Crippen MR) is 179 cm³/mol. The molecule has 0 radical (unpaired) electrons. The Balaban J connectivity index is -0.000000683. The van der Waals surface area contributed by atoms with E-state index in [2.05, 4.69) is 49.0 Å². The van der Waals surface area contributed by atoms with E-state index in [4.69, 9.17) is 14.1 Å².